The number of imidazole rings is 1. The minimum absolute atomic E-state index is 0.0244. The van der Waals surface area contributed by atoms with Gasteiger partial charge in [0.15, 0.2) is 0 Å². The number of methoxy groups -OCH3 is 1. The van der Waals surface area contributed by atoms with Crippen molar-refractivity contribution in [2.45, 2.75) is 39.3 Å². The predicted molar refractivity (Wildman–Crippen MR) is 118 cm³/mol. The molecule has 6 heteroatoms. The highest BCUT2D eigenvalue weighted by Crippen LogP contribution is 2.29. The molecule has 2 heterocycles. The number of carbonyl (C=O) groups is 1. The van der Waals surface area contributed by atoms with E-state index < -0.39 is 0 Å². The quantitative estimate of drug-likeness (QED) is 0.552. The molecule has 0 unspecified atom stereocenters. The predicted octanol–water partition coefficient (Wildman–Crippen LogP) is 4.92. The van der Waals surface area contributed by atoms with Crippen LogP contribution < -0.4 is 4.74 Å². The number of carbonyl (C=O) groups excluding carboxylic acids is 1. The molecule has 160 valence electrons. The van der Waals surface area contributed by atoms with Gasteiger partial charge in [-0.05, 0) is 68.2 Å². The average Bonchev–Trinajstić information content (AvgIpc) is 3.20. The molecule has 5 nitrogen and oxygen atoms in total. The van der Waals surface area contributed by atoms with Gasteiger partial charge in [-0.1, -0.05) is 18.2 Å². The van der Waals surface area contributed by atoms with Crippen molar-refractivity contribution in [1.82, 2.24) is 14.5 Å². The summed E-state index contributed by atoms with van der Waals surface area (Å²) in [5, 5.41) is 0. The van der Waals surface area contributed by atoms with Crippen molar-refractivity contribution >= 4 is 12.0 Å². The SMILES string of the molecule is COc1cc(/C=C2\CC[C@H](C)N(Cc3ccc(F)cc3)C2=O)ccc1-n1cnc(C)c1. The van der Waals surface area contributed by atoms with Gasteiger partial charge in [0.2, 0.25) is 5.91 Å². The minimum atomic E-state index is -0.273. The van der Waals surface area contributed by atoms with Gasteiger partial charge in [-0.15, -0.1) is 0 Å². The summed E-state index contributed by atoms with van der Waals surface area (Å²) < 4.78 is 20.7. The Labute approximate surface area is 181 Å². The van der Waals surface area contributed by atoms with Gasteiger partial charge >= 0.3 is 0 Å². The van der Waals surface area contributed by atoms with E-state index in [1.165, 1.54) is 12.1 Å². The van der Waals surface area contributed by atoms with Crippen molar-refractivity contribution in [2.75, 3.05) is 7.11 Å². The lowest BCUT2D eigenvalue weighted by Gasteiger charge is -2.35. The van der Waals surface area contributed by atoms with Crippen LogP contribution in [0.5, 0.6) is 5.75 Å². The van der Waals surface area contributed by atoms with Crippen LogP contribution in [-0.2, 0) is 11.3 Å². The number of aromatic nitrogens is 2. The molecule has 1 fully saturated rings. The lowest BCUT2D eigenvalue weighted by molar-refractivity contribution is -0.131. The van der Waals surface area contributed by atoms with Gasteiger partial charge in [-0.3, -0.25) is 4.79 Å². The summed E-state index contributed by atoms with van der Waals surface area (Å²) in [4.78, 5) is 19.3. The van der Waals surface area contributed by atoms with Gasteiger partial charge in [-0.2, -0.15) is 0 Å². The Hall–Kier alpha value is -3.41. The number of piperidine rings is 1. The number of aryl methyl sites for hydroxylation is 1. The van der Waals surface area contributed by atoms with Crippen molar-refractivity contribution in [3.8, 4) is 11.4 Å². The summed E-state index contributed by atoms with van der Waals surface area (Å²) >= 11 is 0. The number of ether oxygens (including phenoxy) is 1. The molecule has 0 radical (unpaired) electrons. The molecule has 1 atom stereocenters. The van der Waals surface area contributed by atoms with E-state index in [4.69, 9.17) is 4.74 Å². The van der Waals surface area contributed by atoms with Crippen LogP contribution >= 0.6 is 0 Å². The summed E-state index contributed by atoms with van der Waals surface area (Å²) in [5.41, 5.74) is 4.43. The Morgan fingerprint density at radius 3 is 2.68 bits per heavy atom. The molecule has 3 aromatic rings. The summed E-state index contributed by atoms with van der Waals surface area (Å²) in [6.07, 6.45) is 7.25. The minimum Gasteiger partial charge on any atom is -0.495 e. The zero-order valence-corrected chi connectivity index (χ0v) is 18.0. The van der Waals surface area contributed by atoms with Crippen molar-refractivity contribution < 1.29 is 13.9 Å². The van der Waals surface area contributed by atoms with Crippen molar-refractivity contribution in [3.05, 3.63) is 83.2 Å². The van der Waals surface area contributed by atoms with Crippen molar-refractivity contribution in [3.63, 3.8) is 0 Å². The highest BCUT2D eigenvalue weighted by Gasteiger charge is 2.28. The topological polar surface area (TPSA) is 47.4 Å². The third-order valence-corrected chi connectivity index (χ3v) is 5.70. The zero-order valence-electron chi connectivity index (χ0n) is 18.0. The molecule has 0 spiro atoms. The van der Waals surface area contributed by atoms with Crippen LogP contribution in [-0.4, -0.2) is 33.5 Å². The third-order valence-electron chi connectivity index (χ3n) is 5.70. The summed E-state index contributed by atoms with van der Waals surface area (Å²) in [6, 6.07) is 12.4. The maximum absolute atomic E-state index is 13.2. The number of halogens is 1. The molecule has 1 aliphatic heterocycles. The Morgan fingerprint density at radius 2 is 2.00 bits per heavy atom. The van der Waals surface area contributed by atoms with E-state index in [1.807, 2.05) is 46.9 Å². The Balaban J connectivity index is 1.58. The Kier molecular flexibility index (Phi) is 5.89. The van der Waals surface area contributed by atoms with Crippen LogP contribution in [0.2, 0.25) is 0 Å². The Bertz CT molecular complexity index is 1120. The lowest BCUT2D eigenvalue weighted by atomic mass is 9.95. The molecule has 4 rings (SSSR count). The summed E-state index contributed by atoms with van der Waals surface area (Å²) in [7, 11) is 1.64. The van der Waals surface area contributed by atoms with Gasteiger partial charge in [-0.25, -0.2) is 9.37 Å². The van der Waals surface area contributed by atoms with Gasteiger partial charge in [0.1, 0.15) is 11.6 Å². The maximum Gasteiger partial charge on any atom is 0.250 e. The molecule has 0 bridgehead atoms. The fourth-order valence-corrected chi connectivity index (χ4v) is 3.91. The first kappa shape index (κ1) is 20.8. The van der Waals surface area contributed by atoms with E-state index in [-0.39, 0.29) is 17.8 Å². The molecule has 1 saturated heterocycles. The highest BCUT2D eigenvalue weighted by molar-refractivity contribution is 5.98. The van der Waals surface area contributed by atoms with Crippen LogP contribution in [0, 0.1) is 12.7 Å². The fraction of sp³-hybridized carbons (Fsp3) is 0.280. The monoisotopic (exact) mass is 419 g/mol. The summed E-state index contributed by atoms with van der Waals surface area (Å²) in [5.74, 6) is 0.466. The van der Waals surface area contributed by atoms with E-state index in [2.05, 4.69) is 11.9 Å². The zero-order chi connectivity index (χ0) is 22.0. The molecule has 0 N–H and O–H groups in total. The first-order chi connectivity index (χ1) is 14.9. The van der Waals surface area contributed by atoms with E-state index >= 15 is 0 Å². The molecule has 1 amide bonds. The number of likely N-dealkylation sites (tertiary alicyclic amines) is 1. The molecule has 1 aliphatic rings. The number of hydrogen-bond acceptors (Lipinski definition) is 3. The molecule has 2 aromatic carbocycles. The highest BCUT2D eigenvalue weighted by atomic mass is 19.1. The van der Waals surface area contributed by atoms with Gasteiger partial charge in [0.05, 0.1) is 24.8 Å². The van der Waals surface area contributed by atoms with Crippen LogP contribution in [0.3, 0.4) is 0 Å². The average molecular weight is 420 g/mol. The normalized spacial score (nSPS) is 17.9. The second-order valence-electron chi connectivity index (χ2n) is 7.97. The van der Waals surface area contributed by atoms with Gasteiger partial charge in [0, 0.05) is 24.4 Å². The second kappa shape index (κ2) is 8.76. The number of amides is 1. The van der Waals surface area contributed by atoms with Gasteiger partial charge in [0.25, 0.3) is 0 Å². The molecular formula is C25H26FN3O2. The molecule has 31 heavy (non-hydrogen) atoms. The largest absolute Gasteiger partial charge is 0.495 e. The lowest BCUT2D eigenvalue weighted by Crippen LogP contribution is -2.42. The standard InChI is InChI=1S/C25H26FN3O2/c1-17-14-28(16-27-17)23-11-7-20(13-24(23)31-3)12-21-8-4-18(2)29(25(21)30)15-19-5-9-22(26)10-6-19/h5-7,9-14,16,18H,4,8,15H2,1-3H3/b21-12+/t18-/m0/s1. The second-order valence-corrected chi connectivity index (χ2v) is 7.97. The molecule has 1 aromatic heterocycles. The third kappa shape index (κ3) is 4.53. The molecule has 0 saturated carbocycles. The first-order valence-electron chi connectivity index (χ1n) is 10.4. The van der Waals surface area contributed by atoms with E-state index in [1.54, 1.807) is 25.6 Å². The smallest absolute Gasteiger partial charge is 0.250 e. The van der Waals surface area contributed by atoms with Crippen LogP contribution in [0.15, 0.2) is 60.6 Å². The number of benzene rings is 2. The van der Waals surface area contributed by atoms with Crippen molar-refractivity contribution in [2.24, 2.45) is 0 Å². The van der Waals surface area contributed by atoms with E-state index in [0.29, 0.717) is 12.3 Å². The van der Waals surface area contributed by atoms with Crippen LogP contribution in [0.1, 0.15) is 36.6 Å². The van der Waals surface area contributed by atoms with E-state index in [0.717, 1.165) is 40.9 Å². The summed E-state index contributed by atoms with van der Waals surface area (Å²) in [6.45, 7) is 4.47. The molecular weight excluding hydrogens is 393 g/mol. The number of rotatable bonds is 5. The first-order valence-corrected chi connectivity index (χ1v) is 10.4. The Morgan fingerprint density at radius 1 is 1.23 bits per heavy atom. The molecule has 0 aliphatic carbocycles. The number of hydrogen-bond donors (Lipinski definition) is 0. The van der Waals surface area contributed by atoms with Crippen LogP contribution in [0.25, 0.3) is 11.8 Å². The van der Waals surface area contributed by atoms with Gasteiger partial charge < -0.3 is 14.2 Å². The van der Waals surface area contributed by atoms with Crippen molar-refractivity contribution in [1.29, 1.82) is 0 Å². The fourth-order valence-electron chi connectivity index (χ4n) is 3.91. The maximum atomic E-state index is 13.2. The van der Waals surface area contributed by atoms with Crippen LogP contribution in [0.4, 0.5) is 4.39 Å². The number of nitrogens with zero attached hydrogens (tertiary/aromatic N) is 3. The van der Waals surface area contributed by atoms with E-state index in [9.17, 15) is 9.18 Å².